The lowest BCUT2D eigenvalue weighted by molar-refractivity contribution is -0.139. The molecule has 8 nitrogen and oxygen atoms in total. The third-order valence-electron chi connectivity index (χ3n) is 5.50. The van der Waals surface area contributed by atoms with E-state index in [0.29, 0.717) is 6.42 Å². The van der Waals surface area contributed by atoms with Gasteiger partial charge in [0, 0.05) is 18.5 Å². The van der Waals surface area contributed by atoms with E-state index < -0.39 is 17.8 Å². The number of halogens is 3. The number of hydrogen-bond acceptors (Lipinski definition) is 6. The average molecular weight is 467 g/mol. The van der Waals surface area contributed by atoms with Crippen LogP contribution in [-0.2, 0) is 11.0 Å². The summed E-state index contributed by atoms with van der Waals surface area (Å²) in [6, 6.07) is 2.56. The highest BCUT2D eigenvalue weighted by Gasteiger charge is 2.39. The summed E-state index contributed by atoms with van der Waals surface area (Å²) in [6.07, 6.45) is 1.54. The summed E-state index contributed by atoms with van der Waals surface area (Å²) in [5.41, 5.74) is 4.64. The van der Waals surface area contributed by atoms with E-state index in [0.717, 1.165) is 38.2 Å². The van der Waals surface area contributed by atoms with Crippen LogP contribution in [0.5, 0.6) is 5.75 Å². The minimum Gasteiger partial charge on any atom is -0.493 e. The van der Waals surface area contributed by atoms with E-state index in [4.69, 9.17) is 20.4 Å². The van der Waals surface area contributed by atoms with Gasteiger partial charge >= 0.3 is 6.18 Å². The smallest absolute Gasteiger partial charge is 0.419 e. The topological polar surface area (TPSA) is 118 Å². The van der Waals surface area contributed by atoms with Gasteiger partial charge in [-0.2, -0.15) is 18.2 Å². The van der Waals surface area contributed by atoms with Crippen LogP contribution in [0.2, 0.25) is 0 Å². The molecule has 1 atom stereocenters. The lowest BCUT2D eigenvalue weighted by atomic mass is 10.1. The van der Waals surface area contributed by atoms with Crippen molar-refractivity contribution in [3.05, 3.63) is 29.7 Å². The summed E-state index contributed by atoms with van der Waals surface area (Å²) in [6.45, 7) is 2.56. The first-order valence-electron chi connectivity index (χ1n) is 11.0. The van der Waals surface area contributed by atoms with Gasteiger partial charge in [-0.15, -0.1) is 0 Å². The number of likely N-dealkylation sites (tertiary alicyclic amines) is 1. The number of Topliss-reactive ketones (excluding diaryl/α,β-unsaturated/α-hetero) is 1. The number of guanidine groups is 1. The third kappa shape index (κ3) is 6.02. The van der Waals surface area contributed by atoms with Crippen molar-refractivity contribution in [3.8, 4) is 17.1 Å². The van der Waals surface area contributed by atoms with Gasteiger partial charge in [0.1, 0.15) is 5.75 Å². The van der Waals surface area contributed by atoms with E-state index in [2.05, 4.69) is 17.1 Å². The number of rotatable bonds is 10. The molecule has 33 heavy (non-hydrogen) atoms. The highest BCUT2D eigenvalue weighted by molar-refractivity contribution is 5.92. The molecule has 3 N–H and O–H groups in total. The number of unbranched alkanes of at least 4 members (excludes halogenated alkanes) is 5. The summed E-state index contributed by atoms with van der Waals surface area (Å²) in [7, 11) is 0. The summed E-state index contributed by atoms with van der Waals surface area (Å²) in [5.74, 6) is -1.04. The zero-order valence-corrected chi connectivity index (χ0v) is 18.5. The zero-order chi connectivity index (χ0) is 24.0. The first-order chi connectivity index (χ1) is 15.7. The Morgan fingerprint density at radius 2 is 2.00 bits per heavy atom. The standard InChI is InChI=1S/C22H28F3N5O3/c1-2-3-4-5-6-7-12-32-17-9-8-14(13-15(17)22(23,24)25)19-28-20(33-29-19)18-16(31)10-11-30(18)21(26)27/h8-9,13,18H,2-7,10-12H2,1H3,(H3,26,27)/t18-/m0/s1. The van der Waals surface area contributed by atoms with E-state index in [9.17, 15) is 18.0 Å². The number of hydrogen-bond donors (Lipinski definition) is 2. The Morgan fingerprint density at radius 1 is 1.27 bits per heavy atom. The van der Waals surface area contributed by atoms with E-state index in [1.807, 2.05) is 0 Å². The second-order valence-corrected chi connectivity index (χ2v) is 7.98. The van der Waals surface area contributed by atoms with Gasteiger partial charge in [0.05, 0.1) is 12.2 Å². The number of ether oxygens (including phenoxy) is 1. The number of alkyl halides is 3. The van der Waals surface area contributed by atoms with Crippen LogP contribution < -0.4 is 10.5 Å². The quantitative estimate of drug-likeness (QED) is 0.295. The van der Waals surface area contributed by atoms with Gasteiger partial charge in [-0.3, -0.25) is 10.2 Å². The Morgan fingerprint density at radius 3 is 2.70 bits per heavy atom. The van der Waals surface area contributed by atoms with Crippen molar-refractivity contribution in [1.29, 1.82) is 5.41 Å². The van der Waals surface area contributed by atoms with Crippen molar-refractivity contribution < 1.29 is 27.2 Å². The molecule has 0 aliphatic carbocycles. The summed E-state index contributed by atoms with van der Waals surface area (Å²) in [4.78, 5) is 17.6. The molecule has 0 unspecified atom stereocenters. The molecule has 1 fully saturated rings. The lowest BCUT2D eigenvalue weighted by Crippen LogP contribution is -2.37. The fourth-order valence-corrected chi connectivity index (χ4v) is 3.75. The number of carbonyl (C=O) groups is 1. The van der Waals surface area contributed by atoms with Gasteiger partial charge < -0.3 is 19.9 Å². The molecule has 1 aliphatic rings. The first kappa shape index (κ1) is 24.5. The molecule has 11 heteroatoms. The molecule has 180 valence electrons. The Labute approximate surface area is 189 Å². The molecule has 1 saturated heterocycles. The maximum Gasteiger partial charge on any atom is 0.419 e. The highest BCUT2D eigenvalue weighted by Crippen LogP contribution is 2.39. The van der Waals surface area contributed by atoms with E-state index in [-0.39, 0.29) is 54.3 Å². The van der Waals surface area contributed by atoms with Crippen LogP contribution in [-0.4, -0.2) is 39.9 Å². The number of benzene rings is 1. The van der Waals surface area contributed by atoms with Crippen molar-refractivity contribution in [3.63, 3.8) is 0 Å². The summed E-state index contributed by atoms with van der Waals surface area (Å²) in [5, 5.41) is 11.3. The largest absolute Gasteiger partial charge is 0.493 e. The maximum atomic E-state index is 13.7. The molecule has 2 heterocycles. The second kappa shape index (κ2) is 10.7. The minimum atomic E-state index is -4.63. The number of nitrogens with two attached hydrogens (primary N) is 1. The van der Waals surface area contributed by atoms with Crippen LogP contribution in [0, 0.1) is 5.41 Å². The van der Waals surface area contributed by atoms with E-state index in [1.165, 1.54) is 17.0 Å². The van der Waals surface area contributed by atoms with Crippen LogP contribution in [0.25, 0.3) is 11.4 Å². The zero-order valence-electron chi connectivity index (χ0n) is 18.5. The Hall–Kier alpha value is -3.11. The van der Waals surface area contributed by atoms with E-state index >= 15 is 0 Å². The molecular weight excluding hydrogens is 439 g/mol. The van der Waals surface area contributed by atoms with Crippen molar-refractivity contribution in [2.24, 2.45) is 5.73 Å². The molecule has 0 saturated carbocycles. The molecule has 0 spiro atoms. The van der Waals surface area contributed by atoms with Crippen LogP contribution in [0.15, 0.2) is 22.7 Å². The van der Waals surface area contributed by atoms with Gasteiger partial charge in [-0.1, -0.05) is 44.2 Å². The third-order valence-corrected chi connectivity index (χ3v) is 5.50. The second-order valence-electron chi connectivity index (χ2n) is 7.98. The molecule has 3 rings (SSSR count). The van der Waals surface area contributed by atoms with Crippen LogP contribution in [0.3, 0.4) is 0 Å². The van der Waals surface area contributed by atoms with Gasteiger partial charge in [0.2, 0.25) is 5.82 Å². The number of carbonyl (C=O) groups excluding carboxylic acids is 1. The SMILES string of the molecule is CCCCCCCCOc1ccc(-c2noc([C@@H]3C(=O)CCN3C(=N)N)n2)cc1C(F)(F)F. The van der Waals surface area contributed by atoms with Crippen LogP contribution >= 0.6 is 0 Å². The molecule has 0 amide bonds. The van der Waals surface area contributed by atoms with Gasteiger partial charge in [0.25, 0.3) is 5.89 Å². The number of aromatic nitrogens is 2. The monoisotopic (exact) mass is 467 g/mol. The number of nitrogens with zero attached hydrogens (tertiary/aromatic N) is 3. The number of ketones is 1. The van der Waals surface area contributed by atoms with Crippen LogP contribution in [0.4, 0.5) is 13.2 Å². The summed E-state index contributed by atoms with van der Waals surface area (Å²) >= 11 is 0. The predicted octanol–water partition coefficient (Wildman–Crippen LogP) is 4.70. The average Bonchev–Trinajstić information content (AvgIpc) is 3.39. The van der Waals surface area contributed by atoms with Crippen molar-refractivity contribution in [2.75, 3.05) is 13.2 Å². The maximum absolute atomic E-state index is 13.7. The minimum absolute atomic E-state index is 0.0732. The highest BCUT2D eigenvalue weighted by atomic mass is 19.4. The summed E-state index contributed by atoms with van der Waals surface area (Å²) < 4.78 is 51.6. The Balaban J connectivity index is 1.74. The van der Waals surface area contributed by atoms with Gasteiger partial charge in [-0.25, -0.2) is 0 Å². The molecule has 1 aliphatic heterocycles. The van der Waals surface area contributed by atoms with Crippen LogP contribution in [0.1, 0.15) is 69.4 Å². The van der Waals surface area contributed by atoms with Gasteiger partial charge in [-0.05, 0) is 24.6 Å². The molecule has 1 aromatic heterocycles. The molecule has 0 bridgehead atoms. The van der Waals surface area contributed by atoms with Crippen molar-refractivity contribution in [2.45, 2.75) is 64.1 Å². The van der Waals surface area contributed by atoms with Gasteiger partial charge in [0.15, 0.2) is 17.8 Å². The molecular formula is C22H28F3N5O3. The fraction of sp³-hybridized carbons (Fsp3) is 0.545. The first-order valence-corrected chi connectivity index (χ1v) is 11.0. The predicted molar refractivity (Wildman–Crippen MR) is 115 cm³/mol. The molecule has 0 radical (unpaired) electrons. The van der Waals surface area contributed by atoms with E-state index in [1.54, 1.807) is 0 Å². The Bertz CT molecular complexity index is 976. The lowest BCUT2D eigenvalue weighted by Gasteiger charge is -2.19. The molecule has 2 aromatic rings. The number of nitrogens with one attached hydrogen (secondary N) is 1. The van der Waals surface area contributed by atoms with Crippen molar-refractivity contribution >= 4 is 11.7 Å². The fourth-order valence-electron chi connectivity index (χ4n) is 3.75. The molecule has 1 aromatic carbocycles. The normalized spacial score (nSPS) is 16.4. The Kier molecular flexibility index (Phi) is 7.93. The van der Waals surface area contributed by atoms with Crippen molar-refractivity contribution in [1.82, 2.24) is 15.0 Å².